The van der Waals surface area contributed by atoms with E-state index in [1.54, 1.807) is 6.92 Å². The summed E-state index contributed by atoms with van der Waals surface area (Å²) in [7, 11) is 0. The van der Waals surface area contributed by atoms with Crippen LogP contribution < -0.4 is 0 Å². The molecule has 2 heterocycles. The fourth-order valence-corrected chi connectivity index (χ4v) is 2.35. The van der Waals surface area contributed by atoms with E-state index in [1.807, 2.05) is 6.92 Å². The Morgan fingerprint density at radius 3 is 2.33 bits per heavy atom. The molecule has 15 heavy (non-hydrogen) atoms. The minimum absolute atomic E-state index is 0.0386. The van der Waals surface area contributed by atoms with Crippen molar-refractivity contribution in [3.8, 4) is 0 Å². The van der Waals surface area contributed by atoms with E-state index < -0.39 is 0 Å². The fourth-order valence-electron chi connectivity index (χ4n) is 1.13. The Morgan fingerprint density at radius 1 is 1.13 bits per heavy atom. The predicted molar refractivity (Wildman–Crippen MR) is 57.3 cm³/mol. The van der Waals surface area contributed by atoms with E-state index in [2.05, 4.69) is 19.2 Å². The highest BCUT2D eigenvalue weighted by atomic mass is 32.1. The molecule has 0 fully saturated rings. The van der Waals surface area contributed by atoms with Gasteiger partial charge in [-0.3, -0.25) is 4.79 Å². The highest BCUT2D eigenvalue weighted by molar-refractivity contribution is 7.08. The van der Waals surface area contributed by atoms with Crippen LogP contribution in [-0.4, -0.2) is 25.0 Å². The van der Waals surface area contributed by atoms with Crippen molar-refractivity contribution in [2.45, 2.75) is 20.3 Å². The van der Waals surface area contributed by atoms with Crippen molar-refractivity contribution < 1.29 is 4.79 Å². The Balaban J connectivity index is 2.18. The van der Waals surface area contributed by atoms with Crippen LogP contribution in [0.5, 0.6) is 0 Å². The van der Waals surface area contributed by atoms with E-state index in [4.69, 9.17) is 0 Å². The topological polar surface area (TPSA) is 68.6 Å². The van der Waals surface area contributed by atoms with Crippen LogP contribution in [0.15, 0.2) is 0 Å². The summed E-state index contributed by atoms with van der Waals surface area (Å²) in [4.78, 5) is 13.4. The van der Waals surface area contributed by atoms with Crippen LogP contribution in [0.3, 0.4) is 0 Å². The summed E-state index contributed by atoms with van der Waals surface area (Å²) in [6.45, 7) is 3.64. The molecule has 0 N–H and O–H groups in total. The van der Waals surface area contributed by atoms with Gasteiger partial charge in [-0.05, 0) is 36.9 Å². The number of carbonyl (C=O) groups is 1. The number of ketones is 1. The molecule has 5 nitrogen and oxygen atoms in total. The number of aromatic nitrogens is 4. The van der Waals surface area contributed by atoms with Crippen molar-refractivity contribution >= 4 is 28.8 Å². The average molecular weight is 240 g/mol. The molecule has 0 saturated heterocycles. The molecule has 0 aliphatic rings. The standard InChI is InChI=1S/C8H8N4OS2/c1-4-7(14-11-9-4)3-6(13)8-5(2)10-12-15-8/h3H2,1-2H3. The first-order valence-electron chi connectivity index (χ1n) is 4.28. The molecule has 0 aromatic carbocycles. The molecule has 78 valence electrons. The second-order valence-electron chi connectivity index (χ2n) is 3.07. The van der Waals surface area contributed by atoms with Crippen molar-refractivity contribution in [3.05, 3.63) is 21.1 Å². The zero-order chi connectivity index (χ0) is 10.8. The Hall–Kier alpha value is -1.21. The van der Waals surface area contributed by atoms with Crippen LogP contribution in [0.4, 0.5) is 0 Å². The van der Waals surface area contributed by atoms with Gasteiger partial charge in [0.25, 0.3) is 0 Å². The Morgan fingerprint density at radius 2 is 1.80 bits per heavy atom. The molecule has 0 aliphatic heterocycles. The van der Waals surface area contributed by atoms with Crippen LogP contribution >= 0.6 is 23.1 Å². The molecule has 2 aromatic heterocycles. The molecule has 0 aliphatic carbocycles. The largest absolute Gasteiger partial charge is 0.293 e. The molecule has 0 unspecified atom stereocenters. The zero-order valence-electron chi connectivity index (χ0n) is 8.22. The van der Waals surface area contributed by atoms with Gasteiger partial charge in [0.15, 0.2) is 5.78 Å². The van der Waals surface area contributed by atoms with Gasteiger partial charge in [-0.25, -0.2) is 0 Å². The smallest absolute Gasteiger partial charge is 0.181 e. The number of carbonyl (C=O) groups excluding carboxylic acids is 1. The molecule has 0 bridgehead atoms. The zero-order valence-corrected chi connectivity index (χ0v) is 9.85. The second-order valence-corrected chi connectivity index (χ2v) is 4.66. The summed E-state index contributed by atoms with van der Waals surface area (Å²) in [5.74, 6) is 0.0386. The van der Waals surface area contributed by atoms with Crippen LogP contribution in [0.25, 0.3) is 0 Å². The molecule has 0 radical (unpaired) electrons. The van der Waals surface area contributed by atoms with Crippen LogP contribution in [-0.2, 0) is 6.42 Å². The van der Waals surface area contributed by atoms with Gasteiger partial charge in [-0.1, -0.05) is 8.98 Å². The monoisotopic (exact) mass is 240 g/mol. The van der Waals surface area contributed by atoms with Gasteiger partial charge in [0, 0.05) is 6.42 Å². The summed E-state index contributed by atoms with van der Waals surface area (Å²) in [6.07, 6.45) is 0.341. The molecular formula is C8H8N4OS2. The molecule has 2 rings (SSSR count). The van der Waals surface area contributed by atoms with Crippen LogP contribution in [0, 0.1) is 13.8 Å². The molecular weight excluding hydrogens is 232 g/mol. The summed E-state index contributed by atoms with van der Waals surface area (Å²) in [6, 6.07) is 0. The summed E-state index contributed by atoms with van der Waals surface area (Å²) >= 11 is 2.40. The lowest BCUT2D eigenvalue weighted by molar-refractivity contribution is 0.0996. The van der Waals surface area contributed by atoms with Gasteiger partial charge in [-0.2, -0.15) is 0 Å². The first-order valence-corrected chi connectivity index (χ1v) is 5.83. The summed E-state index contributed by atoms with van der Waals surface area (Å²) in [5.41, 5.74) is 1.52. The van der Waals surface area contributed by atoms with Crippen LogP contribution in [0.2, 0.25) is 0 Å². The third kappa shape index (κ3) is 2.07. The van der Waals surface area contributed by atoms with E-state index in [-0.39, 0.29) is 5.78 Å². The predicted octanol–water partition coefficient (Wildman–Crippen LogP) is 1.43. The first kappa shape index (κ1) is 10.3. The minimum Gasteiger partial charge on any atom is -0.293 e. The van der Waals surface area contributed by atoms with E-state index in [0.29, 0.717) is 17.0 Å². The van der Waals surface area contributed by atoms with E-state index in [1.165, 1.54) is 11.5 Å². The number of rotatable bonds is 3. The molecule has 0 spiro atoms. The quantitative estimate of drug-likeness (QED) is 0.759. The fraction of sp³-hybridized carbons (Fsp3) is 0.375. The Bertz CT molecular complexity index is 490. The highest BCUT2D eigenvalue weighted by Crippen LogP contribution is 2.16. The second kappa shape index (κ2) is 4.11. The van der Waals surface area contributed by atoms with Gasteiger partial charge >= 0.3 is 0 Å². The van der Waals surface area contributed by atoms with Gasteiger partial charge in [0.2, 0.25) is 0 Å². The molecule has 0 saturated carbocycles. The lowest BCUT2D eigenvalue weighted by Crippen LogP contribution is -2.02. The normalized spacial score (nSPS) is 10.5. The van der Waals surface area contributed by atoms with Gasteiger partial charge in [0.1, 0.15) is 4.88 Å². The number of hydrogen-bond acceptors (Lipinski definition) is 7. The van der Waals surface area contributed by atoms with E-state index >= 15 is 0 Å². The molecule has 7 heteroatoms. The van der Waals surface area contributed by atoms with E-state index in [9.17, 15) is 4.79 Å². The van der Waals surface area contributed by atoms with Crippen molar-refractivity contribution in [2.24, 2.45) is 0 Å². The minimum atomic E-state index is 0.0386. The number of Topliss-reactive ketones (excluding diaryl/α,β-unsaturated/α-hetero) is 1. The van der Waals surface area contributed by atoms with Crippen molar-refractivity contribution in [1.29, 1.82) is 0 Å². The third-order valence-electron chi connectivity index (χ3n) is 1.97. The molecule has 0 amide bonds. The van der Waals surface area contributed by atoms with Crippen LogP contribution in [0.1, 0.15) is 25.9 Å². The highest BCUT2D eigenvalue weighted by Gasteiger charge is 2.16. The van der Waals surface area contributed by atoms with Gasteiger partial charge in [0.05, 0.1) is 16.3 Å². The molecule has 0 atom stereocenters. The van der Waals surface area contributed by atoms with Crippen molar-refractivity contribution in [1.82, 2.24) is 19.2 Å². The third-order valence-corrected chi connectivity index (χ3v) is 3.66. The molecule has 2 aromatic rings. The summed E-state index contributed by atoms with van der Waals surface area (Å²) < 4.78 is 7.53. The SMILES string of the molecule is Cc1nnsc1CC(=O)c1snnc1C. The van der Waals surface area contributed by atoms with Crippen molar-refractivity contribution in [2.75, 3.05) is 0 Å². The van der Waals surface area contributed by atoms with Gasteiger partial charge in [-0.15, -0.1) is 10.2 Å². The van der Waals surface area contributed by atoms with E-state index in [0.717, 1.165) is 22.1 Å². The maximum absolute atomic E-state index is 11.8. The Kier molecular flexibility index (Phi) is 2.83. The van der Waals surface area contributed by atoms with Gasteiger partial charge < -0.3 is 0 Å². The number of hydrogen-bond donors (Lipinski definition) is 0. The lowest BCUT2D eigenvalue weighted by atomic mass is 10.2. The maximum Gasteiger partial charge on any atom is 0.181 e. The first-order chi connectivity index (χ1) is 7.18. The average Bonchev–Trinajstić information content (AvgIpc) is 2.76. The Labute approximate surface area is 94.5 Å². The van der Waals surface area contributed by atoms with Crippen molar-refractivity contribution in [3.63, 3.8) is 0 Å². The lowest BCUT2D eigenvalue weighted by Gasteiger charge is -1.95. The number of nitrogens with zero attached hydrogens (tertiary/aromatic N) is 4. The maximum atomic E-state index is 11.8. The number of aryl methyl sites for hydroxylation is 2. The summed E-state index contributed by atoms with van der Waals surface area (Å²) in [5, 5.41) is 7.67.